The monoisotopic (exact) mass is 308 g/mol. The highest BCUT2D eigenvalue weighted by atomic mass is 15.1. The molecule has 1 aliphatic heterocycles. The fraction of sp³-hybridized carbons (Fsp3) is 0.421. The van der Waals surface area contributed by atoms with Gasteiger partial charge in [-0.3, -0.25) is 9.98 Å². The van der Waals surface area contributed by atoms with Crippen LogP contribution in [0.15, 0.2) is 40.3 Å². The summed E-state index contributed by atoms with van der Waals surface area (Å²) >= 11 is 0. The van der Waals surface area contributed by atoms with Crippen LogP contribution >= 0.6 is 0 Å². The predicted octanol–water partition coefficient (Wildman–Crippen LogP) is 3.94. The third-order valence-electron chi connectivity index (χ3n) is 3.00. The van der Waals surface area contributed by atoms with E-state index in [0.29, 0.717) is 5.56 Å². The lowest BCUT2D eigenvalue weighted by Gasteiger charge is -2.17. The van der Waals surface area contributed by atoms with E-state index >= 15 is 0 Å². The van der Waals surface area contributed by atoms with Crippen LogP contribution in [0.2, 0.25) is 0 Å². The van der Waals surface area contributed by atoms with E-state index < -0.39 is 0 Å². The molecule has 4 nitrogen and oxygen atoms in total. The Morgan fingerprint density at radius 3 is 1.96 bits per heavy atom. The molecule has 0 saturated heterocycles. The highest BCUT2D eigenvalue weighted by Crippen LogP contribution is 2.21. The molecule has 1 aromatic carbocycles. The van der Waals surface area contributed by atoms with Gasteiger partial charge in [0.25, 0.3) is 0 Å². The Morgan fingerprint density at radius 1 is 0.913 bits per heavy atom. The van der Waals surface area contributed by atoms with Crippen LogP contribution in [0.5, 0.6) is 0 Å². The quantitative estimate of drug-likeness (QED) is 0.854. The molecule has 0 bridgehead atoms. The summed E-state index contributed by atoms with van der Waals surface area (Å²) in [5.41, 5.74) is 3.14. The SMILES string of the molecule is CC(C)(C)N=C1C=C(c2ccc(C#N)cc2)NC1=NC(C)(C)C. The zero-order valence-corrected chi connectivity index (χ0v) is 14.7. The smallest absolute Gasteiger partial charge is 0.151 e. The molecule has 0 spiro atoms. The lowest BCUT2D eigenvalue weighted by molar-refractivity contribution is 0.578. The van der Waals surface area contributed by atoms with E-state index in [2.05, 4.69) is 52.9 Å². The van der Waals surface area contributed by atoms with E-state index in [1.54, 1.807) is 0 Å². The van der Waals surface area contributed by atoms with Gasteiger partial charge < -0.3 is 5.32 Å². The number of hydrogen-bond acceptors (Lipinski definition) is 3. The number of hydrogen-bond donors (Lipinski definition) is 1. The van der Waals surface area contributed by atoms with Crippen molar-refractivity contribution < 1.29 is 0 Å². The van der Waals surface area contributed by atoms with Crippen LogP contribution in [-0.4, -0.2) is 22.6 Å². The Kier molecular flexibility index (Phi) is 4.42. The summed E-state index contributed by atoms with van der Waals surface area (Å²) in [4.78, 5) is 9.53. The number of nitrogens with zero attached hydrogens (tertiary/aromatic N) is 3. The minimum Gasteiger partial charge on any atom is -0.338 e. The molecule has 0 unspecified atom stereocenters. The van der Waals surface area contributed by atoms with Gasteiger partial charge in [-0.2, -0.15) is 5.26 Å². The van der Waals surface area contributed by atoms with Crippen molar-refractivity contribution in [2.45, 2.75) is 52.6 Å². The second-order valence-corrected chi connectivity index (χ2v) is 7.67. The summed E-state index contributed by atoms with van der Waals surface area (Å²) in [5.74, 6) is 0.798. The zero-order chi connectivity index (χ0) is 17.3. The lowest BCUT2D eigenvalue weighted by Crippen LogP contribution is -2.28. The van der Waals surface area contributed by atoms with Crippen molar-refractivity contribution in [3.63, 3.8) is 0 Å². The first kappa shape index (κ1) is 17.0. The maximum atomic E-state index is 8.91. The number of nitriles is 1. The van der Waals surface area contributed by atoms with Crippen LogP contribution in [-0.2, 0) is 0 Å². The molecule has 0 fully saturated rings. The van der Waals surface area contributed by atoms with Crippen molar-refractivity contribution in [3.8, 4) is 6.07 Å². The Labute approximate surface area is 138 Å². The van der Waals surface area contributed by atoms with Gasteiger partial charge in [0.2, 0.25) is 0 Å². The van der Waals surface area contributed by atoms with Gasteiger partial charge in [-0.15, -0.1) is 0 Å². The van der Waals surface area contributed by atoms with Crippen molar-refractivity contribution in [1.82, 2.24) is 5.32 Å². The highest BCUT2D eigenvalue weighted by molar-refractivity contribution is 6.51. The maximum absolute atomic E-state index is 8.91. The summed E-state index contributed by atoms with van der Waals surface area (Å²) in [6, 6.07) is 9.64. The number of aliphatic imine (C=N–C) groups is 2. The third kappa shape index (κ3) is 4.79. The largest absolute Gasteiger partial charge is 0.338 e. The van der Waals surface area contributed by atoms with Crippen molar-refractivity contribution in [2.75, 3.05) is 0 Å². The summed E-state index contributed by atoms with van der Waals surface area (Å²) in [5, 5.41) is 12.3. The first-order valence-corrected chi connectivity index (χ1v) is 7.77. The summed E-state index contributed by atoms with van der Waals surface area (Å²) in [6.45, 7) is 12.4. The number of nitrogens with one attached hydrogen (secondary N) is 1. The fourth-order valence-electron chi connectivity index (χ4n) is 2.18. The molecule has 0 atom stereocenters. The fourth-order valence-corrected chi connectivity index (χ4v) is 2.18. The molecule has 0 amide bonds. The second kappa shape index (κ2) is 6.00. The van der Waals surface area contributed by atoms with Gasteiger partial charge in [0.1, 0.15) is 5.71 Å². The Balaban J connectivity index is 2.43. The van der Waals surface area contributed by atoms with Gasteiger partial charge in [-0.25, -0.2) is 0 Å². The molecule has 0 aromatic heterocycles. The van der Waals surface area contributed by atoms with E-state index in [1.807, 2.05) is 30.3 Å². The molecule has 0 aliphatic carbocycles. The Bertz CT molecular complexity index is 715. The van der Waals surface area contributed by atoms with Gasteiger partial charge >= 0.3 is 0 Å². The number of benzene rings is 1. The molecule has 1 N–H and O–H groups in total. The highest BCUT2D eigenvalue weighted by Gasteiger charge is 2.23. The summed E-state index contributed by atoms with van der Waals surface area (Å²) in [7, 11) is 0. The van der Waals surface area contributed by atoms with Crippen LogP contribution in [0.3, 0.4) is 0 Å². The number of amidine groups is 1. The van der Waals surface area contributed by atoms with Gasteiger partial charge in [-0.1, -0.05) is 12.1 Å². The number of rotatable bonds is 1. The topological polar surface area (TPSA) is 60.5 Å². The van der Waals surface area contributed by atoms with E-state index in [4.69, 9.17) is 15.2 Å². The lowest BCUT2D eigenvalue weighted by atomic mass is 10.1. The van der Waals surface area contributed by atoms with Crippen molar-refractivity contribution in [3.05, 3.63) is 41.5 Å². The first-order valence-electron chi connectivity index (χ1n) is 7.77. The van der Waals surface area contributed by atoms with Gasteiger partial charge in [-0.05, 0) is 65.3 Å². The van der Waals surface area contributed by atoms with E-state index in [-0.39, 0.29) is 11.1 Å². The minimum absolute atomic E-state index is 0.174. The average molecular weight is 308 g/mol. The molecule has 23 heavy (non-hydrogen) atoms. The molecular formula is C19H24N4. The minimum atomic E-state index is -0.186. The summed E-state index contributed by atoms with van der Waals surface area (Å²) < 4.78 is 0. The van der Waals surface area contributed by atoms with Crippen molar-refractivity contribution >= 4 is 17.2 Å². The molecular weight excluding hydrogens is 284 g/mol. The van der Waals surface area contributed by atoms with Gasteiger partial charge in [0.05, 0.1) is 22.7 Å². The average Bonchev–Trinajstić information content (AvgIpc) is 2.77. The standard InChI is InChI=1S/C19H24N4/c1-18(2,3)22-16-11-15(21-17(16)23-19(4,5)6)14-9-7-13(12-20)8-10-14/h7-11H,1-6H3,(H,21,22,23). The Morgan fingerprint density at radius 2 is 1.48 bits per heavy atom. The third-order valence-corrected chi connectivity index (χ3v) is 3.00. The molecule has 1 aliphatic rings. The van der Waals surface area contributed by atoms with Gasteiger partial charge in [0, 0.05) is 5.70 Å². The van der Waals surface area contributed by atoms with Crippen LogP contribution in [0.1, 0.15) is 52.7 Å². The maximum Gasteiger partial charge on any atom is 0.151 e. The zero-order valence-electron chi connectivity index (χ0n) is 14.7. The molecule has 1 heterocycles. The first-order chi connectivity index (χ1) is 10.6. The van der Waals surface area contributed by atoms with E-state index in [9.17, 15) is 0 Å². The molecule has 0 saturated carbocycles. The molecule has 2 rings (SSSR count). The van der Waals surface area contributed by atoms with E-state index in [0.717, 1.165) is 22.8 Å². The molecule has 4 heteroatoms. The van der Waals surface area contributed by atoms with Gasteiger partial charge in [0.15, 0.2) is 5.84 Å². The predicted molar refractivity (Wildman–Crippen MR) is 96.6 cm³/mol. The van der Waals surface area contributed by atoms with Crippen LogP contribution in [0, 0.1) is 11.3 Å². The van der Waals surface area contributed by atoms with Crippen LogP contribution < -0.4 is 5.32 Å². The van der Waals surface area contributed by atoms with Crippen LogP contribution in [0.25, 0.3) is 5.70 Å². The normalized spacial score (nSPS) is 18.7. The molecule has 120 valence electrons. The Hall–Kier alpha value is -2.41. The van der Waals surface area contributed by atoms with Crippen molar-refractivity contribution in [2.24, 2.45) is 9.98 Å². The second-order valence-electron chi connectivity index (χ2n) is 7.67. The molecule has 0 radical (unpaired) electrons. The van der Waals surface area contributed by atoms with Crippen LogP contribution in [0.4, 0.5) is 0 Å². The van der Waals surface area contributed by atoms with E-state index in [1.165, 1.54) is 0 Å². The summed E-state index contributed by atoms with van der Waals surface area (Å²) in [6.07, 6.45) is 2.03. The molecule has 1 aromatic rings. The van der Waals surface area contributed by atoms with Crippen molar-refractivity contribution in [1.29, 1.82) is 5.26 Å².